The van der Waals surface area contributed by atoms with Crippen molar-refractivity contribution in [1.29, 1.82) is 0 Å². The molecule has 0 radical (unpaired) electrons. The summed E-state index contributed by atoms with van der Waals surface area (Å²) in [6.45, 7) is 5.02. The van der Waals surface area contributed by atoms with E-state index in [4.69, 9.17) is 0 Å². The second-order valence-electron chi connectivity index (χ2n) is 4.74. The average molecular weight is 289 g/mol. The van der Waals surface area contributed by atoms with Crippen molar-refractivity contribution in [3.8, 4) is 0 Å². The molecule has 0 spiro atoms. The highest BCUT2D eigenvalue weighted by molar-refractivity contribution is 7.90. The van der Waals surface area contributed by atoms with E-state index in [9.17, 15) is 13.2 Å². The lowest BCUT2D eigenvalue weighted by Crippen LogP contribution is -2.12. The maximum atomic E-state index is 12.3. The van der Waals surface area contributed by atoms with Gasteiger partial charge in [0.25, 0.3) is 10.0 Å². The van der Waals surface area contributed by atoms with Crippen molar-refractivity contribution in [3.05, 3.63) is 53.1 Å². The maximum absolute atomic E-state index is 12.3. The summed E-state index contributed by atoms with van der Waals surface area (Å²) < 4.78 is 28.4. The van der Waals surface area contributed by atoms with Gasteiger partial charge in [0.2, 0.25) is 0 Å². The number of sulfonamides is 1. The molecule has 1 aliphatic rings. The van der Waals surface area contributed by atoms with Gasteiger partial charge in [-0.05, 0) is 55.7 Å². The van der Waals surface area contributed by atoms with Gasteiger partial charge in [-0.15, -0.1) is 0 Å². The Bertz CT molecular complexity index is 744. The van der Waals surface area contributed by atoms with Crippen LogP contribution in [0.1, 0.15) is 19.4 Å². The van der Waals surface area contributed by atoms with E-state index >= 15 is 0 Å². The van der Waals surface area contributed by atoms with Gasteiger partial charge >= 0.3 is 0 Å². The molecular weight excluding hydrogens is 274 g/mol. The summed E-state index contributed by atoms with van der Waals surface area (Å²) in [6.07, 6.45) is 2.98. The minimum absolute atomic E-state index is 0.0859. The molecule has 0 saturated heterocycles. The van der Waals surface area contributed by atoms with Crippen molar-refractivity contribution in [2.75, 3.05) is 0 Å². The van der Waals surface area contributed by atoms with Crippen molar-refractivity contribution in [2.24, 2.45) is 4.40 Å². The Labute approximate surface area is 118 Å². The van der Waals surface area contributed by atoms with Crippen LogP contribution >= 0.6 is 0 Å². The summed E-state index contributed by atoms with van der Waals surface area (Å²) in [5.74, 6) is -0.0859. The number of carbonyl (C=O) groups excluding carboxylic acids is 1. The first-order valence-corrected chi connectivity index (χ1v) is 7.57. The number of hydrogen-bond donors (Lipinski definition) is 0. The molecule has 0 heterocycles. The van der Waals surface area contributed by atoms with E-state index in [1.54, 1.807) is 39.0 Å². The van der Waals surface area contributed by atoms with Gasteiger partial charge in [0, 0.05) is 0 Å². The van der Waals surface area contributed by atoms with Crippen molar-refractivity contribution < 1.29 is 13.2 Å². The van der Waals surface area contributed by atoms with Gasteiger partial charge in [0.1, 0.15) is 0 Å². The third kappa shape index (κ3) is 2.77. The highest BCUT2D eigenvalue weighted by Gasteiger charge is 2.19. The highest BCUT2D eigenvalue weighted by atomic mass is 32.2. The van der Waals surface area contributed by atoms with Gasteiger partial charge in [-0.3, -0.25) is 4.79 Å². The van der Waals surface area contributed by atoms with Gasteiger partial charge < -0.3 is 0 Å². The van der Waals surface area contributed by atoms with E-state index in [1.165, 1.54) is 18.2 Å². The Kier molecular flexibility index (Phi) is 3.72. The third-order valence-electron chi connectivity index (χ3n) is 3.04. The fourth-order valence-corrected chi connectivity index (χ4v) is 3.22. The largest absolute Gasteiger partial charge is 0.289 e. The lowest BCUT2D eigenvalue weighted by atomic mass is 9.98. The molecule has 0 unspecified atom stereocenters. The lowest BCUT2D eigenvalue weighted by molar-refractivity contribution is -0.112. The van der Waals surface area contributed by atoms with Crippen molar-refractivity contribution in [3.63, 3.8) is 0 Å². The molecule has 0 amide bonds. The van der Waals surface area contributed by atoms with E-state index in [1.807, 2.05) is 0 Å². The van der Waals surface area contributed by atoms with Crippen LogP contribution in [0.25, 0.3) is 0 Å². The second-order valence-corrected chi connectivity index (χ2v) is 6.31. The van der Waals surface area contributed by atoms with E-state index in [0.717, 1.165) is 0 Å². The summed E-state index contributed by atoms with van der Waals surface area (Å²) in [4.78, 5) is 11.8. The number of rotatable bonds is 2. The number of hydrogen-bond acceptors (Lipinski definition) is 3. The van der Waals surface area contributed by atoms with Crippen LogP contribution in [0.5, 0.6) is 0 Å². The van der Waals surface area contributed by atoms with Crippen molar-refractivity contribution in [1.82, 2.24) is 0 Å². The van der Waals surface area contributed by atoms with Crippen LogP contribution in [-0.2, 0) is 14.8 Å². The lowest BCUT2D eigenvalue weighted by Gasteiger charge is -2.09. The van der Waals surface area contributed by atoms with E-state index in [2.05, 4.69) is 4.40 Å². The summed E-state index contributed by atoms with van der Waals surface area (Å²) in [7, 11) is -3.77. The maximum Gasteiger partial charge on any atom is 0.283 e. The standard InChI is InChI=1S/C15H15NO3S/c1-10-6-4-5-7-14(10)20(18,19)16-13-8-11(2)15(17)12(3)9-13/h4-9H,1-3H3. The number of benzene rings is 1. The number of Topliss-reactive ketones (excluding diaryl/α,β-unsaturated/α-hetero) is 1. The third-order valence-corrected chi connectivity index (χ3v) is 4.51. The van der Waals surface area contributed by atoms with E-state index in [-0.39, 0.29) is 16.4 Å². The van der Waals surface area contributed by atoms with Gasteiger partial charge in [-0.2, -0.15) is 12.8 Å². The van der Waals surface area contributed by atoms with Crippen molar-refractivity contribution >= 4 is 21.5 Å². The Balaban J connectivity index is 2.51. The van der Waals surface area contributed by atoms with Crippen LogP contribution < -0.4 is 0 Å². The van der Waals surface area contributed by atoms with Gasteiger partial charge in [0.05, 0.1) is 10.6 Å². The van der Waals surface area contributed by atoms with Crippen LogP contribution in [0.2, 0.25) is 0 Å². The number of ketones is 1. The van der Waals surface area contributed by atoms with Gasteiger partial charge in [-0.1, -0.05) is 18.2 Å². The quantitative estimate of drug-likeness (QED) is 0.786. The summed E-state index contributed by atoms with van der Waals surface area (Å²) in [5.41, 5.74) is 1.90. The average Bonchev–Trinajstić information content (AvgIpc) is 2.35. The van der Waals surface area contributed by atoms with Crippen LogP contribution in [0.15, 0.2) is 56.9 Å². The predicted octanol–water partition coefficient (Wildman–Crippen LogP) is 2.60. The molecule has 0 bridgehead atoms. The molecule has 4 nitrogen and oxygen atoms in total. The van der Waals surface area contributed by atoms with Gasteiger partial charge in [-0.25, -0.2) is 0 Å². The molecule has 0 fully saturated rings. The molecule has 0 aromatic heterocycles. The number of aryl methyl sites for hydroxylation is 1. The Morgan fingerprint density at radius 3 is 2.05 bits per heavy atom. The van der Waals surface area contributed by atoms with Gasteiger partial charge in [0.15, 0.2) is 5.78 Å². The zero-order valence-electron chi connectivity index (χ0n) is 11.5. The predicted molar refractivity (Wildman–Crippen MR) is 78.3 cm³/mol. The first-order chi connectivity index (χ1) is 9.31. The fourth-order valence-electron chi connectivity index (χ4n) is 2.01. The molecule has 1 aromatic rings. The molecule has 20 heavy (non-hydrogen) atoms. The monoisotopic (exact) mass is 289 g/mol. The van der Waals surface area contributed by atoms with Crippen LogP contribution in [0.4, 0.5) is 0 Å². The number of nitrogens with zero attached hydrogens (tertiary/aromatic N) is 1. The summed E-state index contributed by atoms with van der Waals surface area (Å²) >= 11 is 0. The Morgan fingerprint density at radius 1 is 0.950 bits per heavy atom. The van der Waals surface area contributed by atoms with Crippen LogP contribution in [0.3, 0.4) is 0 Å². The molecule has 0 saturated carbocycles. The van der Waals surface area contributed by atoms with Crippen LogP contribution in [-0.4, -0.2) is 19.9 Å². The number of carbonyl (C=O) groups is 1. The van der Waals surface area contributed by atoms with Crippen molar-refractivity contribution in [2.45, 2.75) is 25.7 Å². The summed E-state index contributed by atoms with van der Waals surface area (Å²) in [5, 5.41) is 0. The fraction of sp³-hybridized carbons (Fsp3) is 0.200. The zero-order valence-corrected chi connectivity index (χ0v) is 12.4. The first-order valence-electron chi connectivity index (χ1n) is 6.13. The summed E-state index contributed by atoms with van der Waals surface area (Å²) in [6, 6.07) is 6.68. The zero-order chi connectivity index (χ0) is 14.9. The molecule has 104 valence electrons. The van der Waals surface area contributed by atoms with Crippen LogP contribution in [0, 0.1) is 6.92 Å². The molecule has 2 rings (SSSR count). The minimum Gasteiger partial charge on any atom is -0.289 e. The molecule has 0 atom stereocenters. The minimum atomic E-state index is -3.77. The topological polar surface area (TPSA) is 63.6 Å². The molecule has 0 aliphatic heterocycles. The first kappa shape index (κ1) is 14.4. The Hall–Kier alpha value is -2.01. The Morgan fingerprint density at radius 2 is 1.50 bits per heavy atom. The number of allylic oxidation sites excluding steroid dienone is 4. The molecule has 5 heteroatoms. The SMILES string of the molecule is CC1=CC(=NS(=O)(=O)c2ccccc2C)C=C(C)C1=O. The highest BCUT2D eigenvalue weighted by Crippen LogP contribution is 2.19. The molecule has 1 aromatic carbocycles. The van der Waals surface area contributed by atoms with E-state index < -0.39 is 10.0 Å². The normalized spacial score (nSPS) is 15.8. The smallest absolute Gasteiger partial charge is 0.283 e. The molecular formula is C15H15NO3S. The van der Waals surface area contributed by atoms with E-state index in [0.29, 0.717) is 16.7 Å². The second kappa shape index (κ2) is 5.17. The molecule has 0 N–H and O–H groups in total. The molecule has 1 aliphatic carbocycles.